The highest BCUT2D eigenvalue weighted by atomic mass is 79.9. The lowest BCUT2D eigenvalue weighted by Gasteiger charge is -2.10. The zero-order chi connectivity index (χ0) is 15.2. The molecule has 1 aliphatic rings. The fourth-order valence-electron chi connectivity index (χ4n) is 2.02. The Kier molecular flexibility index (Phi) is 5.87. The molecule has 0 unspecified atom stereocenters. The molecule has 0 aliphatic heterocycles. The second-order valence-electron chi connectivity index (χ2n) is 5.25. The number of hydrogen-bond acceptors (Lipinski definition) is 4. The molecule has 1 amide bonds. The minimum atomic E-state index is 0.109. The summed E-state index contributed by atoms with van der Waals surface area (Å²) >= 11 is 3.30. The summed E-state index contributed by atoms with van der Waals surface area (Å²) in [5.74, 6) is 0.705. The third kappa shape index (κ3) is 5.21. The maximum atomic E-state index is 11.5. The number of phenolic OH excluding ortho intramolecular Hbond substituents is 1. The van der Waals surface area contributed by atoms with Crippen LogP contribution in [0.4, 0.5) is 0 Å². The average Bonchev–Trinajstić information content (AvgIpc) is 3.25. The maximum absolute atomic E-state index is 11.5. The van der Waals surface area contributed by atoms with Crippen molar-refractivity contribution in [2.24, 2.45) is 0 Å². The van der Waals surface area contributed by atoms with Crippen molar-refractivity contribution in [2.45, 2.75) is 38.3 Å². The third-order valence-corrected chi connectivity index (χ3v) is 3.94. The summed E-state index contributed by atoms with van der Waals surface area (Å²) in [6.07, 6.45) is 3.63. The van der Waals surface area contributed by atoms with E-state index in [1.165, 1.54) is 7.11 Å². The van der Waals surface area contributed by atoms with Crippen molar-refractivity contribution >= 4 is 21.8 Å². The van der Waals surface area contributed by atoms with Gasteiger partial charge in [0.2, 0.25) is 5.91 Å². The van der Waals surface area contributed by atoms with Gasteiger partial charge in [0.1, 0.15) is 0 Å². The fourth-order valence-corrected chi connectivity index (χ4v) is 2.51. The Hall–Kier alpha value is -1.27. The predicted octanol–water partition coefficient (Wildman–Crippen LogP) is 2.31. The molecule has 1 aromatic carbocycles. The molecule has 116 valence electrons. The first-order chi connectivity index (χ1) is 10.1. The van der Waals surface area contributed by atoms with Crippen LogP contribution in [-0.2, 0) is 11.3 Å². The Balaban J connectivity index is 1.68. The molecule has 6 heteroatoms. The third-order valence-electron chi connectivity index (χ3n) is 3.34. The number of nitrogens with one attached hydrogen (secondary N) is 2. The molecule has 21 heavy (non-hydrogen) atoms. The minimum Gasteiger partial charge on any atom is -0.503 e. The number of phenols is 1. The van der Waals surface area contributed by atoms with Gasteiger partial charge < -0.3 is 20.5 Å². The number of benzene rings is 1. The normalized spacial score (nSPS) is 14.0. The topological polar surface area (TPSA) is 70.6 Å². The van der Waals surface area contributed by atoms with Gasteiger partial charge in [0.25, 0.3) is 0 Å². The lowest BCUT2D eigenvalue weighted by molar-refractivity contribution is -0.121. The lowest BCUT2D eigenvalue weighted by atomic mass is 10.2. The summed E-state index contributed by atoms with van der Waals surface area (Å²) in [6.45, 7) is 1.44. The highest BCUT2D eigenvalue weighted by Gasteiger charge is 2.22. The molecule has 5 nitrogen and oxygen atoms in total. The molecular formula is C15H21BrN2O3. The first kappa shape index (κ1) is 16.1. The van der Waals surface area contributed by atoms with E-state index in [2.05, 4.69) is 26.6 Å². The summed E-state index contributed by atoms with van der Waals surface area (Å²) in [6, 6.07) is 4.09. The summed E-state index contributed by atoms with van der Waals surface area (Å²) in [5.41, 5.74) is 1.01. The van der Waals surface area contributed by atoms with Gasteiger partial charge in [-0.2, -0.15) is 0 Å². The molecule has 1 aromatic rings. The van der Waals surface area contributed by atoms with Crippen molar-refractivity contribution in [1.82, 2.24) is 10.6 Å². The number of hydrogen-bond donors (Lipinski definition) is 3. The van der Waals surface area contributed by atoms with Crippen LogP contribution in [0.5, 0.6) is 11.5 Å². The van der Waals surface area contributed by atoms with Gasteiger partial charge in [0.05, 0.1) is 11.6 Å². The first-order valence-corrected chi connectivity index (χ1v) is 7.95. The van der Waals surface area contributed by atoms with Crippen LogP contribution in [0.15, 0.2) is 16.6 Å². The van der Waals surface area contributed by atoms with E-state index in [0.717, 1.165) is 31.4 Å². The Labute approximate surface area is 133 Å². The van der Waals surface area contributed by atoms with E-state index in [0.29, 0.717) is 29.2 Å². The zero-order valence-electron chi connectivity index (χ0n) is 12.1. The fraction of sp³-hybridized carbons (Fsp3) is 0.533. The van der Waals surface area contributed by atoms with E-state index in [-0.39, 0.29) is 11.7 Å². The molecule has 0 spiro atoms. The summed E-state index contributed by atoms with van der Waals surface area (Å²) in [7, 11) is 1.52. The molecule has 0 atom stereocenters. The zero-order valence-corrected chi connectivity index (χ0v) is 13.7. The summed E-state index contributed by atoms with van der Waals surface area (Å²) < 4.78 is 5.72. The Bertz CT molecular complexity index is 504. The summed E-state index contributed by atoms with van der Waals surface area (Å²) in [5, 5.41) is 16.0. The van der Waals surface area contributed by atoms with Gasteiger partial charge in [0.15, 0.2) is 11.5 Å². The number of carbonyl (C=O) groups excluding carboxylic acids is 1. The smallest absolute Gasteiger partial charge is 0.220 e. The van der Waals surface area contributed by atoms with Gasteiger partial charge in [0, 0.05) is 19.0 Å². The molecule has 1 aliphatic carbocycles. The predicted molar refractivity (Wildman–Crippen MR) is 84.5 cm³/mol. The second-order valence-corrected chi connectivity index (χ2v) is 6.10. The van der Waals surface area contributed by atoms with E-state index in [9.17, 15) is 9.90 Å². The van der Waals surface area contributed by atoms with Gasteiger partial charge in [-0.15, -0.1) is 0 Å². The van der Waals surface area contributed by atoms with Crippen LogP contribution in [-0.4, -0.2) is 30.7 Å². The number of methoxy groups -OCH3 is 1. The van der Waals surface area contributed by atoms with Crippen molar-refractivity contribution < 1.29 is 14.6 Å². The minimum absolute atomic E-state index is 0.109. The second kappa shape index (κ2) is 7.66. The number of ether oxygens (including phenoxy) is 1. The van der Waals surface area contributed by atoms with Crippen molar-refractivity contribution in [3.05, 3.63) is 22.2 Å². The van der Waals surface area contributed by atoms with Crippen LogP contribution >= 0.6 is 15.9 Å². The van der Waals surface area contributed by atoms with Gasteiger partial charge in [-0.05, 0) is 59.4 Å². The van der Waals surface area contributed by atoms with Crippen LogP contribution in [0.1, 0.15) is 31.2 Å². The van der Waals surface area contributed by atoms with Crippen molar-refractivity contribution in [3.63, 3.8) is 0 Å². The molecule has 0 aromatic heterocycles. The van der Waals surface area contributed by atoms with Crippen LogP contribution < -0.4 is 15.4 Å². The Morgan fingerprint density at radius 1 is 1.48 bits per heavy atom. The molecule has 0 bridgehead atoms. The molecular weight excluding hydrogens is 336 g/mol. The molecule has 1 fully saturated rings. The van der Waals surface area contributed by atoms with E-state index < -0.39 is 0 Å². The number of carbonyl (C=O) groups is 1. The van der Waals surface area contributed by atoms with Crippen LogP contribution in [0.3, 0.4) is 0 Å². The van der Waals surface area contributed by atoms with Gasteiger partial charge in [-0.1, -0.05) is 0 Å². The van der Waals surface area contributed by atoms with Gasteiger partial charge in [-0.3, -0.25) is 4.79 Å². The largest absolute Gasteiger partial charge is 0.503 e. The van der Waals surface area contributed by atoms with Crippen molar-refractivity contribution in [3.8, 4) is 11.5 Å². The number of amides is 1. The number of rotatable bonds is 8. The highest BCUT2D eigenvalue weighted by Crippen LogP contribution is 2.35. The maximum Gasteiger partial charge on any atom is 0.220 e. The van der Waals surface area contributed by atoms with Crippen molar-refractivity contribution in [2.75, 3.05) is 13.7 Å². The molecule has 0 saturated heterocycles. The molecule has 0 heterocycles. The lowest BCUT2D eigenvalue weighted by Crippen LogP contribution is -2.26. The SMILES string of the molecule is COc1cc(CNCCCC(=O)NC2CC2)cc(Br)c1O. The highest BCUT2D eigenvalue weighted by molar-refractivity contribution is 9.10. The van der Waals surface area contributed by atoms with Crippen LogP contribution in [0, 0.1) is 0 Å². The number of aromatic hydroxyl groups is 1. The van der Waals surface area contributed by atoms with Crippen LogP contribution in [0.25, 0.3) is 0 Å². The first-order valence-electron chi connectivity index (χ1n) is 7.15. The van der Waals surface area contributed by atoms with Crippen molar-refractivity contribution in [1.29, 1.82) is 0 Å². The van der Waals surface area contributed by atoms with E-state index >= 15 is 0 Å². The summed E-state index contributed by atoms with van der Waals surface area (Å²) in [4.78, 5) is 11.5. The van der Waals surface area contributed by atoms with E-state index in [4.69, 9.17) is 4.74 Å². The Morgan fingerprint density at radius 2 is 2.24 bits per heavy atom. The van der Waals surface area contributed by atoms with Gasteiger partial charge in [-0.25, -0.2) is 0 Å². The quantitative estimate of drug-likeness (QED) is 0.625. The molecule has 1 saturated carbocycles. The Morgan fingerprint density at radius 3 is 2.90 bits per heavy atom. The van der Waals surface area contributed by atoms with Crippen LogP contribution in [0.2, 0.25) is 0 Å². The monoisotopic (exact) mass is 356 g/mol. The number of halogens is 1. The molecule has 3 N–H and O–H groups in total. The average molecular weight is 357 g/mol. The van der Waals surface area contributed by atoms with E-state index in [1.54, 1.807) is 6.07 Å². The molecule has 2 rings (SSSR count). The molecule has 0 radical (unpaired) electrons. The van der Waals surface area contributed by atoms with Gasteiger partial charge >= 0.3 is 0 Å². The van der Waals surface area contributed by atoms with E-state index in [1.807, 2.05) is 6.07 Å². The standard InChI is InChI=1S/C15H21BrN2O3/c1-21-13-8-10(7-12(16)15(13)20)9-17-6-2-3-14(19)18-11-4-5-11/h7-8,11,17,20H,2-6,9H2,1H3,(H,18,19).